The standard InChI is InChI=1S/C16H18FN3O3/c1-22-14-10-20(12-6-4-11(17)5-7-12)19-15(14)16(21)18-9-13-3-2-8-23-13/h4-7,10,13H,2-3,8-9H2,1H3,(H,18,21)/t13-/m0/s1. The second-order valence-corrected chi connectivity index (χ2v) is 5.31. The van der Waals surface area contributed by atoms with Gasteiger partial charge in [0, 0.05) is 13.2 Å². The Morgan fingerprint density at radius 1 is 1.48 bits per heavy atom. The molecule has 0 aliphatic carbocycles. The van der Waals surface area contributed by atoms with Crippen molar-refractivity contribution in [3.63, 3.8) is 0 Å². The molecule has 7 heteroatoms. The van der Waals surface area contributed by atoms with Crippen LogP contribution in [0.25, 0.3) is 5.69 Å². The number of nitrogens with zero attached hydrogens (tertiary/aromatic N) is 2. The number of benzene rings is 1. The van der Waals surface area contributed by atoms with Crippen LogP contribution in [0.3, 0.4) is 0 Å². The number of amides is 1. The Kier molecular flexibility index (Phi) is 4.57. The van der Waals surface area contributed by atoms with Crippen LogP contribution in [0.15, 0.2) is 30.5 Å². The molecule has 6 nitrogen and oxygen atoms in total. The lowest BCUT2D eigenvalue weighted by atomic mass is 10.2. The number of hydrogen-bond donors (Lipinski definition) is 1. The van der Waals surface area contributed by atoms with Gasteiger partial charge < -0.3 is 14.8 Å². The zero-order chi connectivity index (χ0) is 16.2. The molecule has 0 spiro atoms. The van der Waals surface area contributed by atoms with E-state index in [4.69, 9.17) is 9.47 Å². The molecule has 1 saturated heterocycles. The van der Waals surface area contributed by atoms with Gasteiger partial charge in [-0.1, -0.05) is 0 Å². The van der Waals surface area contributed by atoms with Crippen LogP contribution in [0.2, 0.25) is 0 Å². The molecule has 1 fully saturated rings. The molecule has 1 aromatic carbocycles. The summed E-state index contributed by atoms with van der Waals surface area (Å²) in [4.78, 5) is 12.3. The zero-order valence-electron chi connectivity index (χ0n) is 12.8. The second kappa shape index (κ2) is 6.78. The fourth-order valence-corrected chi connectivity index (χ4v) is 2.49. The van der Waals surface area contributed by atoms with Gasteiger partial charge in [0.1, 0.15) is 5.82 Å². The Labute approximate surface area is 133 Å². The molecule has 2 aromatic rings. The molecule has 0 unspecified atom stereocenters. The van der Waals surface area contributed by atoms with E-state index in [1.54, 1.807) is 18.3 Å². The largest absolute Gasteiger partial charge is 0.493 e. The number of hydrogen-bond acceptors (Lipinski definition) is 4. The van der Waals surface area contributed by atoms with E-state index in [9.17, 15) is 9.18 Å². The fraction of sp³-hybridized carbons (Fsp3) is 0.375. The summed E-state index contributed by atoms with van der Waals surface area (Å²) in [6, 6.07) is 5.83. The first-order valence-corrected chi connectivity index (χ1v) is 7.47. The molecule has 1 aliphatic heterocycles. The molecule has 0 bridgehead atoms. The quantitative estimate of drug-likeness (QED) is 0.914. The summed E-state index contributed by atoms with van der Waals surface area (Å²) in [7, 11) is 1.48. The van der Waals surface area contributed by atoms with Crippen molar-refractivity contribution in [2.24, 2.45) is 0 Å². The molecular weight excluding hydrogens is 301 g/mol. The van der Waals surface area contributed by atoms with Crippen molar-refractivity contribution in [1.82, 2.24) is 15.1 Å². The van der Waals surface area contributed by atoms with Crippen molar-refractivity contribution >= 4 is 5.91 Å². The van der Waals surface area contributed by atoms with Crippen LogP contribution in [-0.4, -0.2) is 42.1 Å². The Morgan fingerprint density at radius 3 is 2.91 bits per heavy atom. The van der Waals surface area contributed by atoms with E-state index in [-0.39, 0.29) is 23.5 Å². The van der Waals surface area contributed by atoms with Crippen molar-refractivity contribution in [3.05, 3.63) is 42.0 Å². The van der Waals surface area contributed by atoms with E-state index in [2.05, 4.69) is 10.4 Å². The van der Waals surface area contributed by atoms with Gasteiger partial charge >= 0.3 is 0 Å². The lowest BCUT2D eigenvalue weighted by molar-refractivity contribution is 0.0851. The molecule has 1 aromatic heterocycles. The topological polar surface area (TPSA) is 65.4 Å². The third-order valence-electron chi connectivity index (χ3n) is 3.72. The van der Waals surface area contributed by atoms with Crippen LogP contribution >= 0.6 is 0 Å². The highest BCUT2D eigenvalue weighted by Gasteiger charge is 2.21. The van der Waals surface area contributed by atoms with Gasteiger partial charge in [-0.25, -0.2) is 9.07 Å². The number of halogens is 1. The van der Waals surface area contributed by atoms with Gasteiger partial charge in [0.2, 0.25) is 0 Å². The molecular formula is C16H18FN3O3. The normalized spacial score (nSPS) is 17.2. The van der Waals surface area contributed by atoms with E-state index in [1.807, 2.05) is 0 Å². The minimum atomic E-state index is -0.331. The number of carbonyl (C=O) groups is 1. The Morgan fingerprint density at radius 2 is 2.26 bits per heavy atom. The molecule has 1 amide bonds. The van der Waals surface area contributed by atoms with Crippen LogP contribution in [0.1, 0.15) is 23.3 Å². The van der Waals surface area contributed by atoms with Crippen molar-refractivity contribution in [2.45, 2.75) is 18.9 Å². The average molecular weight is 319 g/mol. The first-order chi connectivity index (χ1) is 11.2. The highest BCUT2D eigenvalue weighted by atomic mass is 19.1. The maximum absolute atomic E-state index is 13.0. The molecule has 2 heterocycles. The molecule has 1 N–H and O–H groups in total. The first kappa shape index (κ1) is 15.5. The number of rotatable bonds is 5. The van der Waals surface area contributed by atoms with E-state index in [1.165, 1.54) is 23.9 Å². The van der Waals surface area contributed by atoms with Crippen molar-refractivity contribution in [3.8, 4) is 11.4 Å². The molecule has 1 atom stereocenters. The van der Waals surface area contributed by atoms with Crippen molar-refractivity contribution < 1.29 is 18.7 Å². The van der Waals surface area contributed by atoms with Crippen LogP contribution in [-0.2, 0) is 4.74 Å². The minimum absolute atomic E-state index is 0.0594. The van der Waals surface area contributed by atoms with E-state index >= 15 is 0 Å². The van der Waals surface area contributed by atoms with Gasteiger partial charge in [-0.3, -0.25) is 4.79 Å². The van der Waals surface area contributed by atoms with Gasteiger partial charge in [-0.05, 0) is 37.1 Å². The lowest BCUT2D eigenvalue weighted by Gasteiger charge is -2.10. The van der Waals surface area contributed by atoms with Gasteiger partial charge in [-0.2, -0.15) is 5.10 Å². The molecule has 122 valence electrons. The second-order valence-electron chi connectivity index (χ2n) is 5.31. The third-order valence-corrected chi connectivity index (χ3v) is 3.72. The van der Waals surface area contributed by atoms with Gasteiger partial charge in [0.05, 0.1) is 25.1 Å². The Balaban J connectivity index is 1.75. The molecule has 0 radical (unpaired) electrons. The van der Waals surface area contributed by atoms with Crippen LogP contribution in [0, 0.1) is 5.82 Å². The lowest BCUT2D eigenvalue weighted by Crippen LogP contribution is -2.32. The fourth-order valence-electron chi connectivity index (χ4n) is 2.49. The first-order valence-electron chi connectivity index (χ1n) is 7.47. The zero-order valence-corrected chi connectivity index (χ0v) is 12.8. The summed E-state index contributed by atoms with van der Waals surface area (Å²) in [5, 5.41) is 7.05. The van der Waals surface area contributed by atoms with E-state index in [0.717, 1.165) is 19.4 Å². The SMILES string of the molecule is COc1cn(-c2ccc(F)cc2)nc1C(=O)NC[C@@H]1CCCO1. The summed E-state index contributed by atoms with van der Waals surface area (Å²) in [5.74, 6) is -0.292. The van der Waals surface area contributed by atoms with Crippen LogP contribution < -0.4 is 10.1 Å². The number of ether oxygens (including phenoxy) is 2. The number of carbonyl (C=O) groups excluding carboxylic acids is 1. The monoisotopic (exact) mass is 319 g/mol. The third kappa shape index (κ3) is 3.50. The summed E-state index contributed by atoms with van der Waals surface area (Å²) < 4.78 is 25.2. The maximum Gasteiger partial charge on any atom is 0.275 e. The van der Waals surface area contributed by atoms with E-state index < -0.39 is 0 Å². The highest BCUT2D eigenvalue weighted by molar-refractivity contribution is 5.94. The summed E-state index contributed by atoms with van der Waals surface area (Å²) >= 11 is 0. The number of methoxy groups -OCH3 is 1. The number of aromatic nitrogens is 2. The molecule has 3 rings (SSSR count). The Bertz CT molecular complexity index is 678. The smallest absolute Gasteiger partial charge is 0.275 e. The molecule has 23 heavy (non-hydrogen) atoms. The van der Waals surface area contributed by atoms with Crippen molar-refractivity contribution in [1.29, 1.82) is 0 Å². The summed E-state index contributed by atoms with van der Waals surface area (Å²) in [5.41, 5.74) is 0.831. The van der Waals surface area contributed by atoms with Gasteiger partial charge in [-0.15, -0.1) is 0 Å². The van der Waals surface area contributed by atoms with Crippen LogP contribution in [0.5, 0.6) is 5.75 Å². The highest BCUT2D eigenvalue weighted by Crippen LogP contribution is 2.20. The molecule has 1 aliphatic rings. The summed E-state index contributed by atoms with van der Waals surface area (Å²) in [6.45, 7) is 1.19. The van der Waals surface area contributed by atoms with Crippen LogP contribution in [0.4, 0.5) is 4.39 Å². The number of nitrogens with one attached hydrogen (secondary N) is 1. The minimum Gasteiger partial charge on any atom is -0.493 e. The van der Waals surface area contributed by atoms with Gasteiger partial charge in [0.25, 0.3) is 5.91 Å². The Hall–Kier alpha value is -2.41. The summed E-state index contributed by atoms with van der Waals surface area (Å²) in [6.07, 6.45) is 3.61. The maximum atomic E-state index is 13.0. The predicted octanol–water partition coefficient (Wildman–Crippen LogP) is 1.93. The molecule has 0 saturated carbocycles. The van der Waals surface area contributed by atoms with E-state index in [0.29, 0.717) is 18.0 Å². The van der Waals surface area contributed by atoms with Gasteiger partial charge in [0.15, 0.2) is 11.4 Å². The predicted molar refractivity (Wildman–Crippen MR) is 81.4 cm³/mol. The van der Waals surface area contributed by atoms with Crippen molar-refractivity contribution in [2.75, 3.05) is 20.3 Å². The average Bonchev–Trinajstić information content (AvgIpc) is 3.22.